The van der Waals surface area contributed by atoms with Gasteiger partial charge in [0.25, 0.3) is 0 Å². The molecule has 0 aromatic heterocycles. The average molecular weight is 674 g/mol. The summed E-state index contributed by atoms with van der Waals surface area (Å²) < 4.78 is 12.5. The molecular formula is C38H63N3O7. The molecular weight excluding hydrogens is 610 g/mol. The van der Waals surface area contributed by atoms with Gasteiger partial charge in [-0.25, -0.2) is 0 Å². The fourth-order valence-electron chi connectivity index (χ4n) is 11.9. The lowest BCUT2D eigenvalue weighted by atomic mass is 9.40. The molecule has 0 spiro atoms. The molecule has 48 heavy (non-hydrogen) atoms. The number of carbonyl (C=O) groups is 4. The van der Waals surface area contributed by atoms with Crippen LogP contribution in [0.4, 0.5) is 0 Å². The molecule has 5 fully saturated rings. The minimum Gasteiger partial charge on any atom is -0.462 e. The van der Waals surface area contributed by atoms with E-state index in [4.69, 9.17) is 15.2 Å². The van der Waals surface area contributed by atoms with Crippen molar-refractivity contribution in [3.05, 3.63) is 0 Å². The van der Waals surface area contributed by atoms with E-state index in [9.17, 15) is 24.3 Å². The molecule has 4 aliphatic carbocycles. The van der Waals surface area contributed by atoms with E-state index in [0.717, 1.165) is 6.42 Å². The van der Waals surface area contributed by atoms with E-state index in [2.05, 4.69) is 25.7 Å². The Morgan fingerprint density at radius 2 is 1.69 bits per heavy atom. The van der Waals surface area contributed by atoms with Crippen LogP contribution in [0.3, 0.4) is 0 Å². The Morgan fingerprint density at radius 1 is 1.06 bits per heavy atom. The molecule has 4 saturated carbocycles. The number of rotatable bonds is 9. The first kappa shape index (κ1) is 37.2. The molecule has 1 saturated heterocycles. The second-order valence-electron chi connectivity index (χ2n) is 17.6. The van der Waals surface area contributed by atoms with E-state index in [0.29, 0.717) is 38.6 Å². The van der Waals surface area contributed by atoms with Crippen LogP contribution in [0.5, 0.6) is 0 Å². The van der Waals surface area contributed by atoms with Crippen LogP contribution in [0, 0.1) is 58.2 Å². The van der Waals surface area contributed by atoms with Crippen LogP contribution in [-0.4, -0.2) is 95.1 Å². The van der Waals surface area contributed by atoms with E-state index >= 15 is 0 Å². The number of carbonyl (C=O) groups excluding carboxylic acids is 4. The number of hydrogen-bond donors (Lipinski definition) is 2. The van der Waals surface area contributed by atoms with Gasteiger partial charge in [-0.1, -0.05) is 34.6 Å². The number of nitrogens with two attached hydrogens (primary N) is 1. The molecule has 0 unspecified atom stereocenters. The number of aliphatic hydroxyl groups excluding tert-OH is 1. The minimum atomic E-state index is -1.05. The smallest absolute Gasteiger partial charge is 0.302 e. The maximum Gasteiger partial charge on any atom is 0.302 e. The molecule has 0 bridgehead atoms. The lowest BCUT2D eigenvalue weighted by Crippen LogP contribution is -2.72. The van der Waals surface area contributed by atoms with Gasteiger partial charge in [-0.15, -0.1) is 0 Å². The zero-order valence-electron chi connectivity index (χ0n) is 31.3. The lowest BCUT2D eigenvalue weighted by Gasteiger charge is -2.67. The number of ketones is 1. The highest BCUT2D eigenvalue weighted by molar-refractivity contribution is 5.90. The van der Waals surface area contributed by atoms with Crippen LogP contribution in [0.15, 0.2) is 0 Å². The molecule has 0 aromatic rings. The van der Waals surface area contributed by atoms with Gasteiger partial charge in [0.2, 0.25) is 5.91 Å². The monoisotopic (exact) mass is 673 g/mol. The number of nitrogens with zero attached hydrogens (tertiary/aromatic N) is 2. The number of β-lactam (4-membered cyclic amide) rings is 1. The zero-order chi connectivity index (χ0) is 35.8. The summed E-state index contributed by atoms with van der Waals surface area (Å²) >= 11 is 0. The van der Waals surface area contributed by atoms with Crippen LogP contribution in [0.25, 0.3) is 0 Å². The van der Waals surface area contributed by atoms with Crippen molar-refractivity contribution in [1.82, 2.24) is 9.80 Å². The van der Waals surface area contributed by atoms with E-state index < -0.39 is 53.2 Å². The van der Waals surface area contributed by atoms with Crippen molar-refractivity contribution in [3.8, 4) is 0 Å². The van der Waals surface area contributed by atoms with Crippen molar-refractivity contribution in [2.45, 2.75) is 137 Å². The van der Waals surface area contributed by atoms with Crippen LogP contribution in [0.1, 0.15) is 101 Å². The highest BCUT2D eigenvalue weighted by atomic mass is 16.6. The first-order chi connectivity index (χ1) is 22.2. The van der Waals surface area contributed by atoms with Crippen molar-refractivity contribution >= 4 is 23.6 Å². The summed E-state index contributed by atoms with van der Waals surface area (Å²) in [4.78, 5) is 58.1. The normalized spacial score (nSPS) is 44.2. The number of hydrogen-bond acceptors (Lipinski definition) is 9. The SMILES string of the molecule is CC[C@](C)(N)C(=O)[C@@H]1C[C@]2(C)[C@@H]([C@H](C)N(C)C)[C@@H](O)C[C@H]2[C@@H]2CC[C@H]3[C@@H](OC(C)=O)[C@@H](N4C[C@H](C(C)C)C4=O)C[C@@H](OC(C)=O)[C@]3(C)[C@H]21. The van der Waals surface area contributed by atoms with Crippen LogP contribution < -0.4 is 5.73 Å². The van der Waals surface area contributed by atoms with Crippen molar-refractivity contribution in [3.63, 3.8) is 0 Å². The van der Waals surface area contributed by atoms with Crippen LogP contribution in [0.2, 0.25) is 0 Å². The maximum atomic E-state index is 14.9. The molecule has 10 heteroatoms. The lowest BCUT2D eigenvalue weighted by molar-refractivity contribution is -0.242. The van der Waals surface area contributed by atoms with E-state index in [1.807, 2.05) is 46.7 Å². The number of ether oxygens (including phenoxy) is 2. The minimum absolute atomic E-state index is 0.0182. The fraction of sp³-hybridized carbons (Fsp3) is 0.895. The average Bonchev–Trinajstić information content (AvgIpc) is 3.25. The predicted octanol–water partition coefficient (Wildman–Crippen LogP) is 4.06. The third-order valence-corrected chi connectivity index (χ3v) is 14.6. The third-order valence-electron chi connectivity index (χ3n) is 14.6. The Hall–Kier alpha value is -2.04. The molecule has 272 valence electrons. The molecule has 1 amide bonds. The molecule has 5 aliphatic rings. The van der Waals surface area contributed by atoms with E-state index in [-0.39, 0.29) is 64.6 Å². The number of amides is 1. The zero-order valence-corrected chi connectivity index (χ0v) is 31.3. The summed E-state index contributed by atoms with van der Waals surface area (Å²) in [6, 6.07) is -0.321. The Morgan fingerprint density at radius 3 is 2.21 bits per heavy atom. The van der Waals surface area contributed by atoms with Gasteiger partial charge >= 0.3 is 11.9 Å². The number of Topliss-reactive ketones (excluding diaryl/α,β-unsaturated/α-hetero) is 1. The Bertz CT molecular complexity index is 1280. The summed E-state index contributed by atoms with van der Waals surface area (Å²) in [7, 11) is 4.10. The molecule has 0 radical (unpaired) electrons. The first-order valence-electron chi connectivity index (χ1n) is 18.5. The number of likely N-dealkylation sites (tertiary alicyclic amines) is 1. The molecule has 1 aliphatic heterocycles. The van der Waals surface area contributed by atoms with Gasteiger partial charge in [0, 0.05) is 56.0 Å². The van der Waals surface area contributed by atoms with Gasteiger partial charge in [-0.2, -0.15) is 0 Å². The van der Waals surface area contributed by atoms with Crippen LogP contribution in [-0.2, 0) is 28.7 Å². The Balaban J connectivity index is 1.66. The largest absolute Gasteiger partial charge is 0.462 e. The molecule has 1 heterocycles. The van der Waals surface area contributed by atoms with Gasteiger partial charge in [0.05, 0.1) is 23.6 Å². The van der Waals surface area contributed by atoms with E-state index in [1.54, 1.807) is 0 Å². The quantitative estimate of drug-likeness (QED) is 0.274. The first-order valence-corrected chi connectivity index (χ1v) is 18.5. The summed E-state index contributed by atoms with van der Waals surface area (Å²) in [5, 5.41) is 11.7. The predicted molar refractivity (Wildman–Crippen MR) is 182 cm³/mol. The van der Waals surface area contributed by atoms with Crippen molar-refractivity contribution in [1.29, 1.82) is 0 Å². The van der Waals surface area contributed by atoms with E-state index in [1.165, 1.54) is 13.8 Å². The molecule has 15 atom stereocenters. The van der Waals surface area contributed by atoms with Gasteiger partial charge in [-0.3, -0.25) is 19.2 Å². The maximum absolute atomic E-state index is 14.9. The van der Waals surface area contributed by atoms with Gasteiger partial charge in [0.1, 0.15) is 12.2 Å². The number of fused-ring (bicyclic) bond motifs is 5. The topological polar surface area (TPSA) is 139 Å². The van der Waals surface area contributed by atoms with Crippen molar-refractivity contribution in [2.75, 3.05) is 20.6 Å². The summed E-state index contributed by atoms with van der Waals surface area (Å²) in [5.41, 5.74) is 4.72. The number of aliphatic hydroxyl groups is 1. The van der Waals surface area contributed by atoms with Crippen molar-refractivity contribution < 1.29 is 33.8 Å². The number of esters is 2. The molecule has 3 N–H and O–H groups in total. The molecule has 0 aromatic carbocycles. The van der Waals surface area contributed by atoms with Gasteiger partial charge in [0.15, 0.2) is 5.78 Å². The highest BCUT2D eigenvalue weighted by Crippen LogP contribution is 2.70. The van der Waals surface area contributed by atoms with Gasteiger partial charge in [-0.05, 0) is 89.1 Å². The highest BCUT2D eigenvalue weighted by Gasteiger charge is 2.71. The summed E-state index contributed by atoms with van der Waals surface area (Å²) in [6.45, 7) is 17.9. The Labute approximate surface area is 288 Å². The Kier molecular flexibility index (Phi) is 10.0. The van der Waals surface area contributed by atoms with Crippen molar-refractivity contribution in [2.24, 2.45) is 63.9 Å². The second-order valence-corrected chi connectivity index (χ2v) is 17.6. The van der Waals surface area contributed by atoms with Crippen LogP contribution >= 0.6 is 0 Å². The molecule has 5 rings (SSSR count). The molecule has 10 nitrogen and oxygen atoms in total. The summed E-state index contributed by atoms with van der Waals surface area (Å²) in [6.07, 6.45) is 1.86. The third kappa shape index (κ3) is 5.73. The van der Waals surface area contributed by atoms with Gasteiger partial charge < -0.3 is 30.1 Å². The standard InChI is InChI=1S/C38H63N3O7/c1-12-37(8,39)34(45)24-17-36(7)27(15-29(44)31(36)20(4)40(10)11)23-13-14-26-33(48-22(6)43)28(41-18-25(19(2)3)35(41)46)16-30(47-21(5)42)38(26,9)32(23)24/h19-20,23-33,44H,12-18,39H2,1-11H3/t20-,23-,24+,25+,26-,27-,28-,29-,30+,31-,32+,33+,36-,37-,38+/m0/s1. The second kappa shape index (κ2) is 12.9. The fourth-order valence-corrected chi connectivity index (χ4v) is 11.9. The summed E-state index contributed by atoms with van der Waals surface area (Å²) in [5.74, 6) is -1.32.